The Morgan fingerprint density at radius 3 is 2.67 bits per heavy atom. The quantitative estimate of drug-likeness (QED) is 0.653. The fourth-order valence-electron chi connectivity index (χ4n) is 2.28. The van der Waals surface area contributed by atoms with Gasteiger partial charge in [0.1, 0.15) is 0 Å². The van der Waals surface area contributed by atoms with Crippen molar-refractivity contribution in [3.8, 4) is 0 Å². The fraction of sp³-hybridized carbons (Fsp3) is 1.00. The molecular weight excluding hydrogens is 244 g/mol. The third kappa shape index (κ3) is 7.62. The predicted molar refractivity (Wildman–Crippen MR) is 81.3 cm³/mol. The molecule has 0 aliphatic carbocycles. The van der Waals surface area contributed by atoms with Crippen molar-refractivity contribution in [2.24, 2.45) is 5.92 Å². The van der Waals surface area contributed by atoms with Crippen LogP contribution < -0.4 is 5.32 Å². The van der Waals surface area contributed by atoms with Crippen LogP contribution in [0.4, 0.5) is 0 Å². The fourth-order valence-corrected chi connectivity index (χ4v) is 2.90. The van der Waals surface area contributed by atoms with Crippen LogP contribution in [0.15, 0.2) is 0 Å². The van der Waals surface area contributed by atoms with E-state index in [1.807, 2.05) is 11.8 Å². The zero-order valence-electron chi connectivity index (χ0n) is 12.3. The molecule has 1 heterocycles. The van der Waals surface area contributed by atoms with Crippen molar-refractivity contribution in [1.29, 1.82) is 0 Å². The first-order valence-electron chi connectivity index (χ1n) is 7.24. The highest BCUT2D eigenvalue weighted by atomic mass is 32.2. The second-order valence-corrected chi connectivity index (χ2v) is 6.35. The number of nitrogens with zero attached hydrogens (tertiary/aromatic N) is 1. The van der Waals surface area contributed by atoms with Crippen molar-refractivity contribution in [2.45, 2.75) is 39.2 Å². The Bertz CT molecular complexity index is 194. The lowest BCUT2D eigenvalue weighted by molar-refractivity contribution is 0.0697. The van der Waals surface area contributed by atoms with E-state index in [1.165, 1.54) is 31.8 Å². The molecule has 0 atom stereocenters. The first kappa shape index (κ1) is 16.3. The summed E-state index contributed by atoms with van der Waals surface area (Å²) in [7, 11) is 0. The van der Waals surface area contributed by atoms with Crippen molar-refractivity contribution in [3.05, 3.63) is 0 Å². The number of likely N-dealkylation sites (tertiary alicyclic amines) is 1. The van der Waals surface area contributed by atoms with Crippen molar-refractivity contribution in [2.75, 3.05) is 45.0 Å². The van der Waals surface area contributed by atoms with Crippen LogP contribution in [-0.2, 0) is 4.74 Å². The van der Waals surface area contributed by atoms with E-state index >= 15 is 0 Å². The van der Waals surface area contributed by atoms with Gasteiger partial charge in [0.2, 0.25) is 0 Å². The lowest BCUT2D eigenvalue weighted by atomic mass is 9.98. The molecule has 0 aromatic carbocycles. The molecule has 0 radical (unpaired) electrons. The number of piperidine rings is 1. The molecule has 0 bridgehead atoms. The molecule has 18 heavy (non-hydrogen) atoms. The molecule has 0 saturated carbocycles. The van der Waals surface area contributed by atoms with Crippen LogP contribution in [-0.4, -0.2) is 55.9 Å². The third-order valence-corrected chi connectivity index (χ3v) is 4.01. The lowest BCUT2D eigenvalue weighted by Gasteiger charge is -2.31. The lowest BCUT2D eigenvalue weighted by Crippen LogP contribution is -2.34. The van der Waals surface area contributed by atoms with Gasteiger partial charge in [-0.1, -0.05) is 13.8 Å². The van der Waals surface area contributed by atoms with E-state index < -0.39 is 0 Å². The minimum absolute atomic E-state index is 0.589. The molecule has 4 heteroatoms. The highest BCUT2D eigenvalue weighted by Gasteiger charge is 2.18. The molecule has 0 unspecified atom stereocenters. The molecule has 0 amide bonds. The molecule has 0 spiro atoms. The molecule has 108 valence electrons. The summed E-state index contributed by atoms with van der Waals surface area (Å²) < 4.78 is 5.79. The summed E-state index contributed by atoms with van der Waals surface area (Å²) in [6, 6.07) is 0.589. The van der Waals surface area contributed by atoms with Gasteiger partial charge < -0.3 is 10.1 Å². The third-order valence-electron chi connectivity index (χ3n) is 3.39. The van der Waals surface area contributed by atoms with Gasteiger partial charge in [-0.15, -0.1) is 11.8 Å². The summed E-state index contributed by atoms with van der Waals surface area (Å²) >= 11 is 1.93. The molecule has 1 saturated heterocycles. The number of rotatable bonds is 9. The van der Waals surface area contributed by atoms with Gasteiger partial charge >= 0.3 is 0 Å². The molecule has 1 aliphatic heterocycles. The van der Waals surface area contributed by atoms with E-state index in [9.17, 15) is 0 Å². The first-order valence-corrected chi connectivity index (χ1v) is 8.64. The van der Waals surface area contributed by atoms with Crippen molar-refractivity contribution in [3.63, 3.8) is 0 Å². The van der Waals surface area contributed by atoms with Crippen molar-refractivity contribution >= 4 is 11.8 Å². The van der Waals surface area contributed by atoms with Crippen LogP contribution in [0.5, 0.6) is 0 Å². The Kier molecular flexibility index (Phi) is 9.11. The van der Waals surface area contributed by atoms with E-state index in [1.54, 1.807) is 0 Å². The summed E-state index contributed by atoms with van der Waals surface area (Å²) in [4.78, 5) is 2.55. The SMILES string of the molecule is CSCN1CCC(COCCCNC(C)C)CC1. The molecule has 3 nitrogen and oxygen atoms in total. The number of hydrogen-bond donors (Lipinski definition) is 1. The summed E-state index contributed by atoms with van der Waals surface area (Å²) in [5.74, 6) is 1.98. The standard InChI is InChI=1S/C14H30N2OS/c1-13(2)15-7-4-10-17-11-14-5-8-16(9-6-14)12-18-3/h13-15H,4-12H2,1-3H3. The van der Waals surface area contributed by atoms with Gasteiger partial charge in [0.25, 0.3) is 0 Å². The normalized spacial score (nSPS) is 18.7. The topological polar surface area (TPSA) is 24.5 Å². The smallest absolute Gasteiger partial charge is 0.0495 e. The van der Waals surface area contributed by atoms with Gasteiger partial charge in [0.15, 0.2) is 0 Å². The zero-order valence-corrected chi connectivity index (χ0v) is 13.1. The number of nitrogens with one attached hydrogen (secondary N) is 1. The highest BCUT2D eigenvalue weighted by molar-refractivity contribution is 7.98. The molecule has 1 fully saturated rings. The largest absolute Gasteiger partial charge is 0.381 e. The first-order chi connectivity index (χ1) is 8.72. The summed E-state index contributed by atoms with van der Waals surface area (Å²) in [6.45, 7) is 9.82. The Labute approximate surface area is 117 Å². The van der Waals surface area contributed by atoms with Crippen LogP contribution in [0.2, 0.25) is 0 Å². The maximum Gasteiger partial charge on any atom is 0.0495 e. The maximum atomic E-state index is 5.79. The Hall–Kier alpha value is 0.230. The average molecular weight is 274 g/mol. The van der Waals surface area contributed by atoms with Gasteiger partial charge in [0.05, 0.1) is 0 Å². The van der Waals surface area contributed by atoms with E-state index in [4.69, 9.17) is 4.74 Å². The van der Waals surface area contributed by atoms with Crippen LogP contribution >= 0.6 is 11.8 Å². The van der Waals surface area contributed by atoms with Crippen LogP contribution in [0.1, 0.15) is 33.1 Å². The van der Waals surface area contributed by atoms with Crippen LogP contribution in [0.3, 0.4) is 0 Å². The zero-order chi connectivity index (χ0) is 13.2. The van der Waals surface area contributed by atoms with E-state index in [-0.39, 0.29) is 0 Å². The van der Waals surface area contributed by atoms with Crippen LogP contribution in [0, 0.1) is 5.92 Å². The number of hydrogen-bond acceptors (Lipinski definition) is 4. The van der Waals surface area contributed by atoms with E-state index in [0.29, 0.717) is 6.04 Å². The number of thioether (sulfide) groups is 1. The maximum absolute atomic E-state index is 5.79. The summed E-state index contributed by atoms with van der Waals surface area (Å²) in [5, 5.41) is 3.41. The molecule has 0 aromatic heterocycles. The van der Waals surface area contributed by atoms with Gasteiger partial charge in [-0.25, -0.2) is 0 Å². The summed E-state index contributed by atoms with van der Waals surface area (Å²) in [5.41, 5.74) is 0. The second-order valence-electron chi connectivity index (χ2n) is 5.52. The molecule has 0 aromatic rings. The number of ether oxygens (including phenoxy) is 1. The van der Waals surface area contributed by atoms with E-state index in [0.717, 1.165) is 32.1 Å². The predicted octanol–water partition coefficient (Wildman–Crippen LogP) is 2.42. The van der Waals surface area contributed by atoms with Gasteiger partial charge in [-0.3, -0.25) is 4.90 Å². The highest BCUT2D eigenvalue weighted by Crippen LogP contribution is 2.18. The van der Waals surface area contributed by atoms with Crippen LogP contribution in [0.25, 0.3) is 0 Å². The second kappa shape index (κ2) is 10.1. The summed E-state index contributed by atoms with van der Waals surface area (Å²) in [6.07, 6.45) is 5.93. The van der Waals surface area contributed by atoms with Gasteiger partial charge in [0, 0.05) is 25.1 Å². The Balaban J connectivity index is 1.91. The van der Waals surface area contributed by atoms with Gasteiger partial charge in [-0.05, 0) is 51.1 Å². The van der Waals surface area contributed by atoms with Crippen molar-refractivity contribution in [1.82, 2.24) is 10.2 Å². The monoisotopic (exact) mass is 274 g/mol. The molecule has 1 aliphatic rings. The molecule has 1 N–H and O–H groups in total. The average Bonchev–Trinajstić information content (AvgIpc) is 2.35. The van der Waals surface area contributed by atoms with Crippen molar-refractivity contribution < 1.29 is 4.74 Å². The Morgan fingerprint density at radius 2 is 2.06 bits per heavy atom. The minimum Gasteiger partial charge on any atom is -0.381 e. The van der Waals surface area contributed by atoms with E-state index in [2.05, 4.69) is 30.3 Å². The molecular formula is C14H30N2OS. The minimum atomic E-state index is 0.589. The molecule has 1 rings (SSSR count). The van der Waals surface area contributed by atoms with Gasteiger partial charge in [-0.2, -0.15) is 0 Å². The Morgan fingerprint density at radius 1 is 1.33 bits per heavy atom.